The number of hydrogen-bond donors (Lipinski definition) is 0. The maximum atomic E-state index is 12.8. The zero-order valence-electron chi connectivity index (χ0n) is 14.7. The summed E-state index contributed by atoms with van der Waals surface area (Å²) in [7, 11) is 1.93. The normalized spacial score (nSPS) is 13.2. The molecule has 0 fully saturated rings. The van der Waals surface area contributed by atoms with Crippen molar-refractivity contribution in [3.8, 4) is 0 Å². The van der Waals surface area contributed by atoms with Crippen molar-refractivity contribution in [1.82, 2.24) is 15.1 Å². The summed E-state index contributed by atoms with van der Waals surface area (Å²) >= 11 is 0. The van der Waals surface area contributed by atoms with Crippen molar-refractivity contribution < 1.29 is 4.79 Å². The molecular formula is C21H20N4O. The Labute approximate surface area is 152 Å². The van der Waals surface area contributed by atoms with Crippen LogP contribution in [0.15, 0.2) is 66.7 Å². The fourth-order valence-electron chi connectivity index (χ4n) is 3.23. The Balaban J connectivity index is 1.50. The van der Waals surface area contributed by atoms with Crippen molar-refractivity contribution in [2.45, 2.75) is 13.0 Å². The Morgan fingerprint density at radius 2 is 1.65 bits per heavy atom. The Bertz CT molecular complexity index is 909. The van der Waals surface area contributed by atoms with Gasteiger partial charge in [0.2, 0.25) is 0 Å². The van der Waals surface area contributed by atoms with Gasteiger partial charge < -0.3 is 9.80 Å². The fraction of sp³-hybridized carbons (Fsp3) is 0.190. The molecule has 26 heavy (non-hydrogen) atoms. The highest BCUT2D eigenvalue weighted by atomic mass is 16.2. The summed E-state index contributed by atoms with van der Waals surface area (Å²) in [5.41, 5.74) is 3.94. The molecule has 0 unspecified atom stereocenters. The van der Waals surface area contributed by atoms with Crippen molar-refractivity contribution in [2.24, 2.45) is 0 Å². The van der Waals surface area contributed by atoms with E-state index in [9.17, 15) is 4.79 Å². The molecule has 0 bridgehead atoms. The van der Waals surface area contributed by atoms with Crippen LogP contribution >= 0.6 is 0 Å². The lowest BCUT2D eigenvalue weighted by atomic mass is 10.00. The molecule has 3 aromatic rings. The number of amides is 1. The fourth-order valence-corrected chi connectivity index (χ4v) is 3.23. The number of rotatable bonds is 3. The van der Waals surface area contributed by atoms with E-state index in [1.54, 1.807) is 6.07 Å². The SMILES string of the molecule is CN(c1ccccc1)c1ccc(C(=O)N2CCc3ccccc3C2)nn1. The van der Waals surface area contributed by atoms with E-state index in [2.05, 4.69) is 22.3 Å². The second-order valence-corrected chi connectivity index (χ2v) is 6.42. The number of aromatic nitrogens is 2. The second-order valence-electron chi connectivity index (χ2n) is 6.42. The quantitative estimate of drug-likeness (QED) is 0.730. The van der Waals surface area contributed by atoms with Gasteiger partial charge in [-0.25, -0.2) is 0 Å². The van der Waals surface area contributed by atoms with Crippen LogP contribution in [-0.2, 0) is 13.0 Å². The van der Waals surface area contributed by atoms with E-state index in [-0.39, 0.29) is 5.91 Å². The Morgan fingerprint density at radius 1 is 0.923 bits per heavy atom. The van der Waals surface area contributed by atoms with Crippen molar-refractivity contribution >= 4 is 17.4 Å². The first-order valence-electron chi connectivity index (χ1n) is 8.71. The van der Waals surface area contributed by atoms with Crippen molar-refractivity contribution in [3.05, 3.63) is 83.6 Å². The maximum absolute atomic E-state index is 12.8. The van der Waals surface area contributed by atoms with Crippen LogP contribution in [0.25, 0.3) is 0 Å². The molecule has 5 nitrogen and oxygen atoms in total. The number of anilines is 2. The topological polar surface area (TPSA) is 49.3 Å². The molecule has 1 aliphatic heterocycles. The van der Waals surface area contributed by atoms with Crippen LogP contribution in [0.1, 0.15) is 21.6 Å². The maximum Gasteiger partial charge on any atom is 0.274 e. The molecule has 0 N–H and O–H groups in total. The first-order valence-corrected chi connectivity index (χ1v) is 8.71. The highest BCUT2D eigenvalue weighted by Crippen LogP contribution is 2.22. The van der Waals surface area contributed by atoms with E-state index in [1.807, 2.05) is 65.4 Å². The van der Waals surface area contributed by atoms with Gasteiger partial charge >= 0.3 is 0 Å². The van der Waals surface area contributed by atoms with Crippen LogP contribution in [0.5, 0.6) is 0 Å². The third kappa shape index (κ3) is 3.16. The number of fused-ring (bicyclic) bond motifs is 1. The number of nitrogens with zero attached hydrogens (tertiary/aromatic N) is 4. The van der Waals surface area contributed by atoms with Gasteiger partial charge in [-0.1, -0.05) is 42.5 Å². The summed E-state index contributed by atoms with van der Waals surface area (Å²) < 4.78 is 0. The lowest BCUT2D eigenvalue weighted by Gasteiger charge is -2.28. The first kappa shape index (κ1) is 16.3. The van der Waals surface area contributed by atoms with Crippen molar-refractivity contribution in [1.29, 1.82) is 0 Å². The highest BCUT2D eigenvalue weighted by molar-refractivity contribution is 5.92. The number of hydrogen-bond acceptors (Lipinski definition) is 4. The molecule has 0 aliphatic carbocycles. The smallest absolute Gasteiger partial charge is 0.274 e. The molecule has 2 heterocycles. The summed E-state index contributed by atoms with van der Waals surface area (Å²) in [6.45, 7) is 1.34. The number of carbonyl (C=O) groups is 1. The van der Waals surface area contributed by atoms with Gasteiger partial charge in [0.25, 0.3) is 5.91 Å². The van der Waals surface area contributed by atoms with Gasteiger partial charge in [-0.05, 0) is 41.8 Å². The first-order chi connectivity index (χ1) is 12.7. The van der Waals surface area contributed by atoms with E-state index in [1.165, 1.54) is 11.1 Å². The van der Waals surface area contributed by atoms with Gasteiger partial charge in [-0.2, -0.15) is 0 Å². The molecular weight excluding hydrogens is 324 g/mol. The largest absolute Gasteiger partial charge is 0.333 e. The standard InChI is InChI=1S/C21H20N4O/c1-24(18-9-3-2-4-10-18)20-12-11-19(22-23-20)21(26)25-14-13-16-7-5-6-8-17(16)15-25/h2-12H,13-15H2,1H3. The molecule has 130 valence electrons. The average molecular weight is 344 g/mol. The third-order valence-corrected chi connectivity index (χ3v) is 4.77. The van der Waals surface area contributed by atoms with E-state index >= 15 is 0 Å². The number of benzene rings is 2. The van der Waals surface area contributed by atoms with Gasteiger partial charge in [0.05, 0.1) is 0 Å². The number of para-hydroxylation sites is 1. The van der Waals surface area contributed by atoms with E-state index in [0.29, 0.717) is 24.6 Å². The van der Waals surface area contributed by atoms with Gasteiger partial charge in [0, 0.05) is 25.8 Å². The Kier molecular flexibility index (Phi) is 4.35. The minimum atomic E-state index is -0.0686. The van der Waals surface area contributed by atoms with Crippen LogP contribution < -0.4 is 4.90 Å². The van der Waals surface area contributed by atoms with Crippen molar-refractivity contribution in [2.75, 3.05) is 18.5 Å². The third-order valence-electron chi connectivity index (χ3n) is 4.77. The highest BCUT2D eigenvalue weighted by Gasteiger charge is 2.22. The van der Waals surface area contributed by atoms with Crippen molar-refractivity contribution in [3.63, 3.8) is 0 Å². The molecule has 1 amide bonds. The Hall–Kier alpha value is -3.21. The molecule has 0 spiro atoms. The molecule has 2 aromatic carbocycles. The zero-order valence-corrected chi connectivity index (χ0v) is 14.7. The molecule has 1 aliphatic rings. The summed E-state index contributed by atoms with van der Waals surface area (Å²) in [6, 6.07) is 21.8. The van der Waals surface area contributed by atoms with E-state index in [4.69, 9.17) is 0 Å². The molecule has 0 radical (unpaired) electrons. The van der Waals surface area contributed by atoms with Crippen LogP contribution in [0.3, 0.4) is 0 Å². The average Bonchev–Trinajstić information content (AvgIpc) is 2.73. The minimum absolute atomic E-state index is 0.0686. The summed E-state index contributed by atoms with van der Waals surface area (Å²) in [5, 5.41) is 8.42. The molecule has 5 heteroatoms. The summed E-state index contributed by atoms with van der Waals surface area (Å²) in [4.78, 5) is 16.6. The van der Waals surface area contributed by atoms with Gasteiger partial charge in [-0.15, -0.1) is 10.2 Å². The predicted molar refractivity (Wildman–Crippen MR) is 101 cm³/mol. The van der Waals surface area contributed by atoms with Gasteiger partial charge in [0.15, 0.2) is 11.5 Å². The van der Waals surface area contributed by atoms with Crippen LogP contribution in [-0.4, -0.2) is 34.6 Å². The molecule has 4 rings (SSSR count). The molecule has 0 saturated carbocycles. The predicted octanol–water partition coefficient (Wildman–Crippen LogP) is 3.44. The van der Waals surface area contributed by atoms with Crippen LogP contribution in [0.2, 0.25) is 0 Å². The van der Waals surface area contributed by atoms with E-state index < -0.39 is 0 Å². The molecule has 1 aromatic heterocycles. The lowest BCUT2D eigenvalue weighted by molar-refractivity contribution is 0.0727. The van der Waals surface area contributed by atoms with Crippen LogP contribution in [0, 0.1) is 0 Å². The van der Waals surface area contributed by atoms with Crippen LogP contribution in [0.4, 0.5) is 11.5 Å². The minimum Gasteiger partial charge on any atom is -0.333 e. The van der Waals surface area contributed by atoms with Gasteiger partial charge in [-0.3, -0.25) is 4.79 Å². The van der Waals surface area contributed by atoms with Gasteiger partial charge in [0.1, 0.15) is 0 Å². The van der Waals surface area contributed by atoms with E-state index in [0.717, 1.165) is 12.1 Å². The monoisotopic (exact) mass is 344 g/mol. The summed E-state index contributed by atoms with van der Waals surface area (Å²) in [6.07, 6.45) is 0.879. The lowest BCUT2D eigenvalue weighted by Crippen LogP contribution is -2.36. The summed E-state index contributed by atoms with van der Waals surface area (Å²) in [5.74, 6) is 0.637. The molecule has 0 saturated heterocycles. The zero-order chi connectivity index (χ0) is 17.9. The molecule has 0 atom stereocenters. The number of carbonyl (C=O) groups excluding carboxylic acids is 1. The second kappa shape index (κ2) is 6.96. The Morgan fingerprint density at radius 3 is 2.38 bits per heavy atom.